The Balaban J connectivity index is 2.56. The molecule has 2 aromatic rings. The molecule has 0 bridgehead atoms. The van der Waals surface area contributed by atoms with Crippen molar-refractivity contribution in [2.45, 2.75) is 26.3 Å². The van der Waals surface area contributed by atoms with Crippen LogP contribution in [-0.2, 0) is 18.4 Å². The Hall–Kier alpha value is -2.38. The first kappa shape index (κ1) is 13.1. The van der Waals surface area contributed by atoms with Crippen LogP contribution in [0.15, 0.2) is 9.59 Å². The second kappa shape index (κ2) is 4.71. The molecule has 0 radical (unpaired) electrons. The minimum absolute atomic E-state index is 0.0415. The molecule has 8 nitrogen and oxygen atoms in total. The number of aliphatic carboxylic acids is 1. The van der Waals surface area contributed by atoms with Gasteiger partial charge in [-0.2, -0.15) is 0 Å². The lowest BCUT2D eigenvalue weighted by Crippen LogP contribution is -2.38. The molecule has 19 heavy (non-hydrogen) atoms. The van der Waals surface area contributed by atoms with Gasteiger partial charge in [0.2, 0.25) is 0 Å². The summed E-state index contributed by atoms with van der Waals surface area (Å²) < 4.78 is 2.31. The predicted octanol–water partition coefficient (Wildman–Crippen LogP) is -0.403. The highest BCUT2D eigenvalue weighted by Gasteiger charge is 2.14. The van der Waals surface area contributed by atoms with E-state index in [9.17, 15) is 14.4 Å². The molecule has 0 aliphatic carbocycles. The van der Waals surface area contributed by atoms with E-state index in [1.165, 1.54) is 11.6 Å². The zero-order valence-electron chi connectivity index (χ0n) is 10.6. The fourth-order valence-corrected chi connectivity index (χ4v) is 1.94. The number of aromatic amines is 1. The maximum Gasteiger partial charge on any atom is 0.332 e. The van der Waals surface area contributed by atoms with E-state index in [-0.39, 0.29) is 24.1 Å². The third-order valence-electron chi connectivity index (χ3n) is 2.87. The lowest BCUT2D eigenvalue weighted by molar-refractivity contribution is -0.137. The Morgan fingerprint density at radius 1 is 1.42 bits per heavy atom. The van der Waals surface area contributed by atoms with Crippen molar-refractivity contribution in [2.24, 2.45) is 7.05 Å². The van der Waals surface area contributed by atoms with E-state index in [1.807, 2.05) is 0 Å². The van der Waals surface area contributed by atoms with Crippen LogP contribution in [0.1, 0.15) is 18.7 Å². The van der Waals surface area contributed by atoms with Crippen molar-refractivity contribution in [2.75, 3.05) is 0 Å². The number of H-pyrrole nitrogens is 1. The minimum atomic E-state index is -0.924. The quantitative estimate of drug-likeness (QED) is 0.782. The zero-order chi connectivity index (χ0) is 14.2. The molecule has 0 fully saturated rings. The number of imidazole rings is 1. The van der Waals surface area contributed by atoms with E-state index in [1.54, 1.807) is 6.92 Å². The fraction of sp³-hybridized carbons (Fsp3) is 0.455. The first-order valence-electron chi connectivity index (χ1n) is 5.79. The predicted molar refractivity (Wildman–Crippen MR) is 67.2 cm³/mol. The van der Waals surface area contributed by atoms with Gasteiger partial charge in [-0.15, -0.1) is 0 Å². The molecule has 8 heteroatoms. The summed E-state index contributed by atoms with van der Waals surface area (Å²) in [6.07, 6.45) is 0.259. The van der Waals surface area contributed by atoms with Crippen molar-refractivity contribution >= 4 is 17.1 Å². The summed E-state index contributed by atoms with van der Waals surface area (Å²) >= 11 is 0. The molecule has 0 atom stereocenters. The molecule has 0 unspecified atom stereocenters. The third kappa shape index (κ3) is 2.28. The number of hydrogen-bond acceptors (Lipinski definition) is 4. The first-order chi connectivity index (χ1) is 8.91. The van der Waals surface area contributed by atoms with E-state index < -0.39 is 17.2 Å². The van der Waals surface area contributed by atoms with Crippen LogP contribution in [-0.4, -0.2) is 30.2 Å². The van der Waals surface area contributed by atoms with Gasteiger partial charge in [0.15, 0.2) is 5.65 Å². The molecular formula is C11H14N4O4. The summed E-state index contributed by atoms with van der Waals surface area (Å²) in [5, 5.41) is 8.61. The van der Waals surface area contributed by atoms with E-state index >= 15 is 0 Å². The van der Waals surface area contributed by atoms with Crippen molar-refractivity contribution < 1.29 is 9.90 Å². The van der Waals surface area contributed by atoms with Crippen LogP contribution in [0.4, 0.5) is 0 Å². The van der Waals surface area contributed by atoms with Crippen molar-refractivity contribution in [1.82, 2.24) is 19.1 Å². The van der Waals surface area contributed by atoms with Crippen LogP contribution in [0.2, 0.25) is 0 Å². The van der Waals surface area contributed by atoms with E-state index in [0.717, 1.165) is 4.57 Å². The molecule has 102 valence electrons. The van der Waals surface area contributed by atoms with Crippen molar-refractivity contribution in [3.63, 3.8) is 0 Å². The van der Waals surface area contributed by atoms with Gasteiger partial charge in [0.05, 0.1) is 0 Å². The molecule has 0 saturated carbocycles. The van der Waals surface area contributed by atoms with Crippen LogP contribution in [0.5, 0.6) is 0 Å². The Bertz CT molecular complexity index is 752. The number of nitrogens with zero attached hydrogens (tertiary/aromatic N) is 3. The minimum Gasteiger partial charge on any atom is -0.481 e. The topological polar surface area (TPSA) is 110 Å². The standard InChI is InChI=1S/C11H14N4O4/c1-6-12-8-9(13-6)15(5-3-4-7(16)17)11(19)14(2)10(8)18/h3-5H2,1-2H3,(H,12,13)(H,16,17). The van der Waals surface area contributed by atoms with Crippen LogP contribution in [0, 0.1) is 6.92 Å². The lowest BCUT2D eigenvalue weighted by atomic mass is 10.3. The summed E-state index contributed by atoms with van der Waals surface area (Å²) in [6.45, 7) is 1.89. The van der Waals surface area contributed by atoms with Crippen molar-refractivity contribution in [3.05, 3.63) is 26.7 Å². The molecule has 2 rings (SSSR count). The molecule has 0 aliphatic rings. The lowest BCUT2D eigenvalue weighted by Gasteiger charge is -2.07. The second-order valence-electron chi connectivity index (χ2n) is 4.32. The summed E-state index contributed by atoms with van der Waals surface area (Å²) in [5.74, 6) is -0.392. The third-order valence-corrected chi connectivity index (χ3v) is 2.87. The molecule has 0 spiro atoms. The van der Waals surface area contributed by atoms with Crippen molar-refractivity contribution in [1.29, 1.82) is 0 Å². The summed E-state index contributed by atoms with van der Waals surface area (Å²) in [5.41, 5.74) is -0.393. The monoisotopic (exact) mass is 266 g/mol. The highest BCUT2D eigenvalue weighted by atomic mass is 16.4. The molecule has 2 heterocycles. The van der Waals surface area contributed by atoms with Gasteiger partial charge in [-0.3, -0.25) is 18.7 Å². The summed E-state index contributed by atoms with van der Waals surface area (Å²) in [7, 11) is 1.38. The van der Waals surface area contributed by atoms with Crippen LogP contribution < -0.4 is 11.2 Å². The Kier molecular flexibility index (Phi) is 3.24. The molecular weight excluding hydrogens is 252 g/mol. The number of carbonyl (C=O) groups is 1. The summed E-state index contributed by atoms with van der Waals surface area (Å²) in [6, 6.07) is 0. The number of aryl methyl sites for hydroxylation is 2. The number of carboxylic acids is 1. The zero-order valence-corrected chi connectivity index (χ0v) is 10.6. The van der Waals surface area contributed by atoms with Gasteiger partial charge in [-0.25, -0.2) is 9.78 Å². The number of hydrogen-bond donors (Lipinski definition) is 2. The van der Waals surface area contributed by atoms with Crippen LogP contribution >= 0.6 is 0 Å². The molecule has 2 N–H and O–H groups in total. The van der Waals surface area contributed by atoms with Gasteiger partial charge < -0.3 is 10.1 Å². The Morgan fingerprint density at radius 3 is 2.74 bits per heavy atom. The van der Waals surface area contributed by atoms with E-state index in [2.05, 4.69) is 9.97 Å². The van der Waals surface area contributed by atoms with Gasteiger partial charge >= 0.3 is 11.7 Å². The molecule has 2 aromatic heterocycles. The maximum atomic E-state index is 12.0. The van der Waals surface area contributed by atoms with Gasteiger partial charge in [-0.05, 0) is 13.3 Å². The first-order valence-corrected chi connectivity index (χ1v) is 5.79. The highest BCUT2D eigenvalue weighted by Crippen LogP contribution is 2.05. The second-order valence-corrected chi connectivity index (χ2v) is 4.32. The van der Waals surface area contributed by atoms with Gasteiger partial charge in [0.1, 0.15) is 11.3 Å². The molecule has 0 saturated heterocycles. The van der Waals surface area contributed by atoms with Crippen molar-refractivity contribution in [3.8, 4) is 0 Å². The Labute approximate surface area is 107 Å². The normalized spacial score (nSPS) is 11.1. The molecule has 0 aromatic carbocycles. The van der Waals surface area contributed by atoms with Gasteiger partial charge in [0, 0.05) is 20.0 Å². The fourth-order valence-electron chi connectivity index (χ4n) is 1.94. The van der Waals surface area contributed by atoms with Crippen LogP contribution in [0.25, 0.3) is 11.2 Å². The number of aromatic nitrogens is 4. The number of rotatable bonds is 4. The van der Waals surface area contributed by atoms with Gasteiger partial charge in [0.25, 0.3) is 5.56 Å². The Morgan fingerprint density at radius 2 is 2.11 bits per heavy atom. The number of nitrogens with one attached hydrogen (secondary N) is 1. The molecule has 0 aliphatic heterocycles. The summed E-state index contributed by atoms with van der Waals surface area (Å²) in [4.78, 5) is 41.3. The number of fused-ring (bicyclic) bond motifs is 1. The van der Waals surface area contributed by atoms with E-state index in [4.69, 9.17) is 5.11 Å². The average molecular weight is 266 g/mol. The smallest absolute Gasteiger partial charge is 0.332 e. The van der Waals surface area contributed by atoms with Gasteiger partial charge in [-0.1, -0.05) is 0 Å². The highest BCUT2D eigenvalue weighted by molar-refractivity contribution is 5.70. The average Bonchev–Trinajstić information content (AvgIpc) is 2.72. The SMILES string of the molecule is Cc1nc2c([nH]1)c(=O)n(C)c(=O)n2CCCC(=O)O. The number of carboxylic acid groups (broad SMARTS) is 1. The molecule has 0 amide bonds. The van der Waals surface area contributed by atoms with E-state index in [0.29, 0.717) is 12.2 Å². The van der Waals surface area contributed by atoms with Crippen LogP contribution in [0.3, 0.4) is 0 Å². The largest absolute Gasteiger partial charge is 0.481 e. The maximum absolute atomic E-state index is 12.0.